The second-order valence-corrected chi connectivity index (χ2v) is 3.47. The van der Waals surface area contributed by atoms with Gasteiger partial charge in [-0.1, -0.05) is 6.92 Å². The number of nitrogens with one attached hydrogen (secondary N) is 1. The molecule has 0 saturated carbocycles. The van der Waals surface area contributed by atoms with Gasteiger partial charge in [-0.2, -0.15) is 0 Å². The summed E-state index contributed by atoms with van der Waals surface area (Å²) in [5, 5.41) is 0. The summed E-state index contributed by atoms with van der Waals surface area (Å²) < 4.78 is 5.32. The molecule has 1 aromatic carbocycles. The van der Waals surface area contributed by atoms with Crippen LogP contribution >= 0.6 is 0 Å². The van der Waals surface area contributed by atoms with Crippen molar-refractivity contribution < 1.29 is 14.3 Å². The summed E-state index contributed by atoms with van der Waals surface area (Å²) >= 11 is 0. The third kappa shape index (κ3) is 4.24. The van der Waals surface area contributed by atoms with Gasteiger partial charge in [0.1, 0.15) is 5.75 Å². The van der Waals surface area contributed by atoms with Gasteiger partial charge in [0.25, 0.3) is 0 Å². The van der Waals surface area contributed by atoms with E-state index in [1.165, 1.54) is 0 Å². The Morgan fingerprint density at radius 1 is 1.29 bits per heavy atom. The molecule has 1 amide bonds. The van der Waals surface area contributed by atoms with Gasteiger partial charge in [-0.3, -0.25) is 15.0 Å². The number of nitrogens with two attached hydrogens (primary N) is 1. The zero-order valence-electron chi connectivity index (χ0n) is 9.73. The van der Waals surface area contributed by atoms with Crippen LogP contribution in [-0.2, 0) is 4.79 Å². The van der Waals surface area contributed by atoms with Crippen molar-refractivity contribution in [1.29, 1.82) is 0 Å². The molecule has 0 aliphatic carbocycles. The van der Waals surface area contributed by atoms with Crippen molar-refractivity contribution in [1.82, 2.24) is 5.43 Å². The van der Waals surface area contributed by atoms with E-state index in [0.717, 1.165) is 0 Å². The van der Waals surface area contributed by atoms with E-state index in [1.807, 2.05) is 12.3 Å². The van der Waals surface area contributed by atoms with Crippen molar-refractivity contribution in [2.45, 2.75) is 19.8 Å². The van der Waals surface area contributed by atoms with Crippen molar-refractivity contribution in [2.75, 3.05) is 6.61 Å². The maximum Gasteiger partial charge on any atom is 0.237 e. The first-order chi connectivity index (χ1) is 8.17. The van der Waals surface area contributed by atoms with Gasteiger partial charge in [0.05, 0.1) is 13.0 Å². The quantitative estimate of drug-likeness (QED) is 0.334. The molecule has 0 aliphatic heterocycles. The van der Waals surface area contributed by atoms with Crippen LogP contribution in [0.3, 0.4) is 0 Å². The summed E-state index contributed by atoms with van der Waals surface area (Å²) in [6, 6.07) is 6.85. The zero-order valence-corrected chi connectivity index (χ0v) is 9.73. The van der Waals surface area contributed by atoms with Crippen molar-refractivity contribution in [3.8, 4) is 5.75 Å². The maximum absolute atomic E-state index is 11.4. The molecule has 0 atom stereocenters. The van der Waals surface area contributed by atoms with Crippen LogP contribution in [-0.4, -0.2) is 18.3 Å². The average Bonchev–Trinajstić information content (AvgIpc) is 2.38. The van der Waals surface area contributed by atoms with Crippen molar-refractivity contribution in [3.63, 3.8) is 0 Å². The number of rotatable bonds is 6. The first-order valence-corrected chi connectivity index (χ1v) is 5.43. The highest BCUT2D eigenvalue weighted by atomic mass is 16.5. The van der Waals surface area contributed by atoms with E-state index in [0.29, 0.717) is 17.7 Å². The highest BCUT2D eigenvalue weighted by molar-refractivity contribution is 5.95. The molecule has 0 aromatic heterocycles. The van der Waals surface area contributed by atoms with Gasteiger partial charge in [0.15, 0.2) is 5.78 Å². The van der Waals surface area contributed by atoms with Gasteiger partial charge < -0.3 is 4.74 Å². The minimum atomic E-state index is -0.275. The van der Waals surface area contributed by atoms with Gasteiger partial charge in [-0.15, -0.1) is 0 Å². The van der Waals surface area contributed by atoms with Gasteiger partial charge in [-0.25, -0.2) is 5.84 Å². The molecule has 0 unspecified atom stereocenters. The Kier molecular flexibility index (Phi) is 5.16. The molecule has 0 spiro atoms. The SMILES string of the molecule is CCC(=O)c1ccc(OCCC(=O)NN)cc1. The average molecular weight is 236 g/mol. The molecule has 1 rings (SSSR count). The van der Waals surface area contributed by atoms with Gasteiger partial charge in [0, 0.05) is 12.0 Å². The zero-order chi connectivity index (χ0) is 12.7. The lowest BCUT2D eigenvalue weighted by molar-refractivity contribution is -0.121. The molecule has 92 valence electrons. The van der Waals surface area contributed by atoms with E-state index >= 15 is 0 Å². The molecule has 0 radical (unpaired) electrons. The van der Waals surface area contributed by atoms with E-state index in [9.17, 15) is 9.59 Å². The lowest BCUT2D eigenvalue weighted by Gasteiger charge is -2.06. The number of amides is 1. The maximum atomic E-state index is 11.4. The van der Waals surface area contributed by atoms with E-state index in [2.05, 4.69) is 0 Å². The third-order valence-electron chi connectivity index (χ3n) is 2.26. The standard InChI is InChI=1S/C12H16N2O3/c1-2-11(15)9-3-5-10(6-4-9)17-8-7-12(16)14-13/h3-6H,2,7-8,13H2,1H3,(H,14,16). The number of hydrazine groups is 1. The highest BCUT2D eigenvalue weighted by Gasteiger charge is 2.03. The van der Waals surface area contributed by atoms with Crippen LogP contribution in [0.25, 0.3) is 0 Å². The Bertz CT molecular complexity index is 387. The summed E-state index contributed by atoms with van der Waals surface area (Å²) in [6.45, 7) is 2.07. The lowest BCUT2D eigenvalue weighted by atomic mass is 10.1. The van der Waals surface area contributed by atoms with E-state index in [1.54, 1.807) is 24.3 Å². The third-order valence-corrected chi connectivity index (χ3v) is 2.26. The van der Waals surface area contributed by atoms with E-state index in [-0.39, 0.29) is 24.7 Å². The lowest BCUT2D eigenvalue weighted by Crippen LogP contribution is -2.31. The molecular formula is C12H16N2O3. The van der Waals surface area contributed by atoms with Gasteiger partial charge in [0.2, 0.25) is 5.91 Å². The second-order valence-electron chi connectivity index (χ2n) is 3.47. The molecule has 3 N–H and O–H groups in total. The summed E-state index contributed by atoms with van der Waals surface area (Å²) in [6.07, 6.45) is 0.684. The van der Waals surface area contributed by atoms with E-state index in [4.69, 9.17) is 10.6 Å². The Morgan fingerprint density at radius 3 is 2.47 bits per heavy atom. The number of hydrogen-bond acceptors (Lipinski definition) is 4. The summed E-state index contributed by atoms with van der Waals surface area (Å²) in [4.78, 5) is 22.2. The van der Waals surface area contributed by atoms with Crippen molar-refractivity contribution in [3.05, 3.63) is 29.8 Å². The molecule has 0 heterocycles. The predicted molar refractivity (Wildman–Crippen MR) is 63.5 cm³/mol. The number of ether oxygens (including phenoxy) is 1. The molecular weight excluding hydrogens is 220 g/mol. The van der Waals surface area contributed by atoms with Crippen molar-refractivity contribution in [2.24, 2.45) is 5.84 Å². The van der Waals surface area contributed by atoms with Gasteiger partial charge >= 0.3 is 0 Å². The number of benzene rings is 1. The van der Waals surface area contributed by atoms with Crippen LogP contribution in [0.1, 0.15) is 30.1 Å². The predicted octanol–water partition coefficient (Wildman–Crippen LogP) is 1.04. The fourth-order valence-electron chi connectivity index (χ4n) is 1.27. The van der Waals surface area contributed by atoms with Crippen LogP contribution < -0.4 is 16.0 Å². The number of carbonyl (C=O) groups is 2. The molecule has 0 fully saturated rings. The van der Waals surface area contributed by atoms with Crippen molar-refractivity contribution >= 4 is 11.7 Å². The fourth-order valence-corrected chi connectivity index (χ4v) is 1.27. The smallest absolute Gasteiger partial charge is 0.237 e. The molecule has 5 heteroatoms. The van der Waals surface area contributed by atoms with Crippen LogP contribution in [0.5, 0.6) is 5.75 Å². The summed E-state index contributed by atoms with van der Waals surface area (Å²) in [7, 11) is 0. The second kappa shape index (κ2) is 6.65. The minimum Gasteiger partial charge on any atom is -0.493 e. The Morgan fingerprint density at radius 2 is 1.94 bits per heavy atom. The topological polar surface area (TPSA) is 81.4 Å². The normalized spacial score (nSPS) is 9.76. The highest BCUT2D eigenvalue weighted by Crippen LogP contribution is 2.13. The number of carbonyl (C=O) groups excluding carboxylic acids is 2. The molecule has 1 aromatic rings. The molecule has 0 saturated heterocycles. The molecule has 0 bridgehead atoms. The van der Waals surface area contributed by atoms with Crippen LogP contribution in [0.4, 0.5) is 0 Å². The first-order valence-electron chi connectivity index (χ1n) is 5.43. The number of hydrogen-bond donors (Lipinski definition) is 2. The number of ketones is 1. The van der Waals surface area contributed by atoms with E-state index < -0.39 is 0 Å². The Labute approximate surface area is 99.9 Å². The minimum absolute atomic E-state index is 0.0964. The Balaban J connectivity index is 2.46. The largest absolute Gasteiger partial charge is 0.493 e. The van der Waals surface area contributed by atoms with Gasteiger partial charge in [-0.05, 0) is 24.3 Å². The summed E-state index contributed by atoms with van der Waals surface area (Å²) in [5.74, 6) is 5.38. The van der Waals surface area contributed by atoms with Crippen LogP contribution in [0, 0.1) is 0 Å². The monoisotopic (exact) mass is 236 g/mol. The van der Waals surface area contributed by atoms with Crippen LogP contribution in [0.15, 0.2) is 24.3 Å². The molecule has 17 heavy (non-hydrogen) atoms. The molecule has 5 nitrogen and oxygen atoms in total. The Hall–Kier alpha value is -1.88. The molecule has 0 aliphatic rings. The van der Waals surface area contributed by atoms with Crippen LogP contribution in [0.2, 0.25) is 0 Å². The summed E-state index contributed by atoms with van der Waals surface area (Å²) in [5.41, 5.74) is 2.69. The number of Topliss-reactive ketones (excluding diaryl/α,β-unsaturated/α-hetero) is 1. The fraction of sp³-hybridized carbons (Fsp3) is 0.333. The first kappa shape index (κ1) is 13.2.